The minimum atomic E-state index is -0.136. The largest absolute Gasteiger partial charge is 0.345 e. The van der Waals surface area contributed by atoms with Crippen LogP contribution in [0.3, 0.4) is 0 Å². The zero-order valence-electron chi connectivity index (χ0n) is 14.9. The topological polar surface area (TPSA) is 59.8 Å². The molecule has 0 radical (unpaired) electrons. The fourth-order valence-electron chi connectivity index (χ4n) is 2.37. The first-order valence-corrected chi connectivity index (χ1v) is 9.98. The lowest BCUT2D eigenvalue weighted by atomic mass is 10.1. The average molecular weight is 421 g/mol. The third-order valence-electron chi connectivity index (χ3n) is 4.00. The van der Waals surface area contributed by atoms with Gasteiger partial charge in [-0.05, 0) is 36.8 Å². The Bertz CT molecular complexity index is 957. The van der Waals surface area contributed by atoms with E-state index in [4.69, 9.17) is 23.2 Å². The van der Waals surface area contributed by atoms with Crippen molar-refractivity contribution in [2.24, 2.45) is 7.05 Å². The molecule has 5 nitrogen and oxygen atoms in total. The third kappa shape index (κ3) is 5.03. The van der Waals surface area contributed by atoms with E-state index in [1.165, 1.54) is 0 Å². The number of hydrogen-bond acceptors (Lipinski definition) is 4. The molecule has 0 spiro atoms. The zero-order valence-corrected chi connectivity index (χ0v) is 17.2. The summed E-state index contributed by atoms with van der Waals surface area (Å²) in [5.41, 5.74) is 2.78. The van der Waals surface area contributed by atoms with Crippen molar-refractivity contribution in [3.63, 3.8) is 0 Å². The van der Waals surface area contributed by atoms with E-state index >= 15 is 0 Å². The second-order valence-electron chi connectivity index (χ2n) is 6.04. The lowest BCUT2D eigenvalue weighted by molar-refractivity contribution is 0.0949. The summed E-state index contributed by atoms with van der Waals surface area (Å²) in [6.07, 6.45) is 0. The van der Waals surface area contributed by atoms with Crippen molar-refractivity contribution >= 4 is 40.9 Å². The predicted molar refractivity (Wildman–Crippen MR) is 109 cm³/mol. The molecule has 0 fully saturated rings. The summed E-state index contributed by atoms with van der Waals surface area (Å²) in [6.45, 7) is 2.29. The Labute approximate surface area is 172 Å². The van der Waals surface area contributed by atoms with E-state index in [1.54, 1.807) is 30.0 Å². The van der Waals surface area contributed by atoms with Gasteiger partial charge in [0.2, 0.25) is 0 Å². The molecule has 1 heterocycles. The van der Waals surface area contributed by atoms with Gasteiger partial charge in [0.15, 0.2) is 11.0 Å². The van der Waals surface area contributed by atoms with Gasteiger partial charge in [-0.15, -0.1) is 10.2 Å². The van der Waals surface area contributed by atoms with Crippen molar-refractivity contribution < 1.29 is 4.79 Å². The van der Waals surface area contributed by atoms with Crippen LogP contribution in [0.15, 0.2) is 47.6 Å². The fraction of sp³-hybridized carbons (Fsp3) is 0.211. The molecule has 0 saturated heterocycles. The highest BCUT2D eigenvalue weighted by atomic mass is 35.5. The Kier molecular flexibility index (Phi) is 6.42. The van der Waals surface area contributed by atoms with E-state index in [0.29, 0.717) is 33.7 Å². The number of amides is 1. The van der Waals surface area contributed by atoms with Crippen molar-refractivity contribution in [2.45, 2.75) is 24.4 Å². The second-order valence-corrected chi connectivity index (χ2v) is 7.80. The van der Waals surface area contributed by atoms with Gasteiger partial charge in [0.05, 0.1) is 16.6 Å². The van der Waals surface area contributed by atoms with E-state index in [-0.39, 0.29) is 5.91 Å². The van der Waals surface area contributed by atoms with Gasteiger partial charge in [0.1, 0.15) is 0 Å². The number of carbonyl (C=O) groups excluding carboxylic acids is 1. The van der Waals surface area contributed by atoms with Gasteiger partial charge in [-0.2, -0.15) is 0 Å². The summed E-state index contributed by atoms with van der Waals surface area (Å²) in [7, 11) is 1.88. The number of carbonyl (C=O) groups is 1. The zero-order chi connectivity index (χ0) is 19.4. The molecule has 1 N–H and O–H groups in total. The van der Waals surface area contributed by atoms with Crippen molar-refractivity contribution in [1.82, 2.24) is 20.1 Å². The van der Waals surface area contributed by atoms with Crippen molar-refractivity contribution in [3.8, 4) is 0 Å². The average Bonchev–Trinajstić information content (AvgIpc) is 3.01. The number of aryl methyl sites for hydroxylation is 1. The number of thioether (sulfide) groups is 1. The number of nitrogens with one attached hydrogen (secondary N) is 1. The molecular formula is C19H18Cl2N4OS. The maximum Gasteiger partial charge on any atom is 0.251 e. The highest BCUT2D eigenvalue weighted by molar-refractivity contribution is 7.98. The number of benzene rings is 2. The fourth-order valence-corrected chi connectivity index (χ4v) is 3.56. The van der Waals surface area contributed by atoms with Crippen LogP contribution in [0.5, 0.6) is 0 Å². The molecule has 1 aromatic heterocycles. The maximum atomic E-state index is 12.2. The Morgan fingerprint density at radius 1 is 1.11 bits per heavy atom. The molecule has 3 rings (SSSR count). The minimum Gasteiger partial charge on any atom is -0.345 e. The lowest BCUT2D eigenvalue weighted by Crippen LogP contribution is -2.24. The summed E-state index contributed by atoms with van der Waals surface area (Å²) in [6, 6.07) is 13.0. The van der Waals surface area contributed by atoms with Gasteiger partial charge >= 0.3 is 0 Å². The monoisotopic (exact) mass is 420 g/mol. The number of halogens is 2. The van der Waals surface area contributed by atoms with Crippen LogP contribution in [0.2, 0.25) is 10.0 Å². The summed E-state index contributed by atoms with van der Waals surface area (Å²) in [5.74, 6) is 1.24. The van der Waals surface area contributed by atoms with Crippen LogP contribution in [0.1, 0.15) is 27.3 Å². The third-order valence-corrected chi connectivity index (χ3v) is 5.83. The maximum absolute atomic E-state index is 12.2. The molecule has 0 aliphatic rings. The summed E-state index contributed by atoms with van der Waals surface area (Å²) < 4.78 is 1.87. The summed E-state index contributed by atoms with van der Waals surface area (Å²) in [5, 5.41) is 13.1. The molecule has 27 heavy (non-hydrogen) atoms. The number of nitrogens with zero attached hydrogens (tertiary/aromatic N) is 3. The predicted octanol–water partition coefficient (Wildman–Crippen LogP) is 4.65. The van der Waals surface area contributed by atoms with E-state index < -0.39 is 0 Å². The summed E-state index contributed by atoms with van der Waals surface area (Å²) >= 11 is 13.5. The first-order chi connectivity index (χ1) is 12.9. The standard InChI is InChI=1S/C19H18Cl2N4OS/c1-12-3-6-14(7-4-12)18(26)22-10-17-23-24-19(25(17)2)27-11-13-5-8-15(20)16(21)9-13/h3-9H,10-11H2,1-2H3,(H,22,26). The van der Waals surface area contributed by atoms with E-state index in [1.807, 2.05) is 42.8 Å². The number of hydrogen-bond donors (Lipinski definition) is 1. The molecule has 8 heteroatoms. The Morgan fingerprint density at radius 2 is 1.85 bits per heavy atom. The molecular weight excluding hydrogens is 403 g/mol. The van der Waals surface area contributed by atoms with Crippen molar-refractivity contribution in [2.75, 3.05) is 0 Å². The van der Waals surface area contributed by atoms with Gasteiger partial charge in [-0.25, -0.2) is 0 Å². The van der Waals surface area contributed by atoms with Gasteiger partial charge in [-0.1, -0.05) is 58.7 Å². The van der Waals surface area contributed by atoms with E-state index in [9.17, 15) is 4.79 Å². The minimum absolute atomic E-state index is 0.136. The second kappa shape index (κ2) is 8.78. The molecule has 0 atom stereocenters. The molecule has 140 valence electrons. The lowest BCUT2D eigenvalue weighted by Gasteiger charge is -2.07. The first-order valence-electron chi connectivity index (χ1n) is 8.24. The van der Waals surface area contributed by atoms with Gasteiger partial charge in [0.25, 0.3) is 5.91 Å². The van der Waals surface area contributed by atoms with Crippen LogP contribution in [-0.2, 0) is 19.3 Å². The van der Waals surface area contributed by atoms with Crippen molar-refractivity contribution in [3.05, 3.63) is 75.0 Å². The van der Waals surface area contributed by atoms with Gasteiger partial charge in [0, 0.05) is 18.4 Å². The van der Waals surface area contributed by atoms with Crippen LogP contribution in [-0.4, -0.2) is 20.7 Å². The molecule has 0 bridgehead atoms. The Hall–Kier alpha value is -2.02. The smallest absolute Gasteiger partial charge is 0.251 e. The Morgan fingerprint density at radius 3 is 2.56 bits per heavy atom. The highest BCUT2D eigenvalue weighted by Crippen LogP contribution is 2.27. The van der Waals surface area contributed by atoms with E-state index in [0.717, 1.165) is 16.3 Å². The molecule has 0 unspecified atom stereocenters. The number of rotatable bonds is 6. The van der Waals surface area contributed by atoms with Crippen molar-refractivity contribution in [1.29, 1.82) is 0 Å². The Balaban J connectivity index is 1.58. The first kappa shape index (κ1) is 19.7. The highest BCUT2D eigenvalue weighted by Gasteiger charge is 2.12. The summed E-state index contributed by atoms with van der Waals surface area (Å²) in [4.78, 5) is 12.2. The quantitative estimate of drug-likeness (QED) is 0.589. The normalized spacial score (nSPS) is 10.8. The van der Waals surface area contributed by atoms with Crippen LogP contribution in [0, 0.1) is 6.92 Å². The molecule has 3 aromatic rings. The van der Waals surface area contributed by atoms with Crippen LogP contribution in [0.25, 0.3) is 0 Å². The SMILES string of the molecule is Cc1ccc(C(=O)NCc2nnc(SCc3ccc(Cl)c(Cl)c3)n2C)cc1. The molecule has 0 aliphatic carbocycles. The van der Waals surface area contributed by atoms with Crippen LogP contribution >= 0.6 is 35.0 Å². The number of aromatic nitrogens is 3. The van der Waals surface area contributed by atoms with E-state index in [2.05, 4.69) is 15.5 Å². The van der Waals surface area contributed by atoms with Crippen LogP contribution < -0.4 is 5.32 Å². The molecule has 1 amide bonds. The van der Waals surface area contributed by atoms with Gasteiger partial charge < -0.3 is 9.88 Å². The van der Waals surface area contributed by atoms with Crippen LogP contribution in [0.4, 0.5) is 0 Å². The van der Waals surface area contributed by atoms with Gasteiger partial charge in [-0.3, -0.25) is 4.79 Å². The molecule has 0 aliphatic heterocycles. The molecule has 0 saturated carbocycles. The molecule has 2 aromatic carbocycles.